The molecule has 0 bridgehead atoms. The third-order valence-electron chi connectivity index (χ3n) is 2.65. The lowest BCUT2D eigenvalue weighted by Crippen LogP contribution is -1.98. The van der Waals surface area contributed by atoms with E-state index in [9.17, 15) is 0 Å². The summed E-state index contributed by atoms with van der Waals surface area (Å²) in [6.45, 7) is 6.08. The molecule has 2 aromatic rings. The van der Waals surface area contributed by atoms with Crippen LogP contribution in [0.3, 0.4) is 0 Å². The molecule has 0 aliphatic heterocycles. The van der Waals surface area contributed by atoms with Crippen molar-refractivity contribution >= 4 is 11.4 Å². The molecular formula is C14H15N3. The van der Waals surface area contributed by atoms with Gasteiger partial charge in [-0.1, -0.05) is 18.2 Å². The van der Waals surface area contributed by atoms with Gasteiger partial charge in [0.15, 0.2) is 0 Å². The first kappa shape index (κ1) is 11.5. The molecule has 1 heterocycles. The molecule has 0 amide bonds. The predicted octanol–water partition coefficient (Wildman–Crippen LogP) is 3.23. The fraction of sp³-hybridized carbons (Fsp3) is 0.214. The van der Waals surface area contributed by atoms with E-state index in [1.165, 1.54) is 11.1 Å². The Kier molecular flexibility index (Phi) is 3.28. The molecule has 0 saturated heterocycles. The van der Waals surface area contributed by atoms with Crippen molar-refractivity contribution < 1.29 is 0 Å². The Morgan fingerprint density at radius 1 is 1.12 bits per heavy atom. The highest BCUT2D eigenvalue weighted by molar-refractivity contribution is 5.98. The zero-order valence-corrected chi connectivity index (χ0v) is 10.3. The topological polar surface area (TPSA) is 38.1 Å². The van der Waals surface area contributed by atoms with Crippen LogP contribution >= 0.6 is 0 Å². The maximum atomic E-state index is 4.64. The second-order valence-electron chi connectivity index (χ2n) is 4.03. The van der Waals surface area contributed by atoms with Gasteiger partial charge in [0, 0.05) is 12.4 Å². The van der Waals surface area contributed by atoms with Crippen molar-refractivity contribution in [3.8, 4) is 0 Å². The summed E-state index contributed by atoms with van der Waals surface area (Å²) in [6, 6.07) is 6.17. The minimum atomic E-state index is 0.815. The summed E-state index contributed by atoms with van der Waals surface area (Å²) in [5.41, 5.74) is 5.07. The Morgan fingerprint density at radius 3 is 2.41 bits per heavy atom. The van der Waals surface area contributed by atoms with Crippen LogP contribution in [-0.4, -0.2) is 15.7 Å². The third-order valence-corrected chi connectivity index (χ3v) is 2.65. The number of aromatic nitrogens is 2. The average molecular weight is 225 g/mol. The van der Waals surface area contributed by atoms with Crippen LogP contribution in [-0.2, 0) is 0 Å². The van der Waals surface area contributed by atoms with Crippen molar-refractivity contribution in [3.63, 3.8) is 0 Å². The Morgan fingerprint density at radius 2 is 1.82 bits per heavy atom. The minimum absolute atomic E-state index is 0.815. The van der Waals surface area contributed by atoms with Crippen LogP contribution in [0.2, 0.25) is 0 Å². The normalized spacial score (nSPS) is 11.6. The molecule has 0 fully saturated rings. The zero-order chi connectivity index (χ0) is 12.3. The molecule has 2 rings (SSSR count). The quantitative estimate of drug-likeness (QED) is 0.736. The Labute approximate surface area is 101 Å². The molecule has 0 spiro atoms. The molecule has 0 unspecified atom stereocenters. The van der Waals surface area contributed by atoms with E-state index < -0.39 is 0 Å². The van der Waals surface area contributed by atoms with E-state index in [1.54, 1.807) is 18.6 Å². The highest BCUT2D eigenvalue weighted by Gasteiger charge is 2.03. The van der Waals surface area contributed by atoms with Gasteiger partial charge < -0.3 is 0 Å². The zero-order valence-electron chi connectivity index (χ0n) is 10.3. The summed E-state index contributed by atoms with van der Waals surface area (Å²) in [5.74, 6) is 0. The smallest absolute Gasteiger partial charge is 0.102 e. The van der Waals surface area contributed by atoms with Gasteiger partial charge in [0.1, 0.15) is 5.69 Å². The van der Waals surface area contributed by atoms with Crippen LogP contribution in [0.25, 0.3) is 0 Å². The summed E-state index contributed by atoms with van der Waals surface area (Å²) in [6.07, 6.45) is 5.07. The summed E-state index contributed by atoms with van der Waals surface area (Å²) in [7, 11) is 0. The van der Waals surface area contributed by atoms with E-state index in [0.29, 0.717) is 0 Å². The van der Waals surface area contributed by atoms with Gasteiger partial charge in [-0.05, 0) is 31.9 Å². The molecule has 0 aliphatic rings. The van der Waals surface area contributed by atoms with Gasteiger partial charge in [-0.25, -0.2) is 0 Å². The summed E-state index contributed by atoms with van der Waals surface area (Å²) in [5, 5.41) is 0. The molecule has 1 aromatic carbocycles. The summed E-state index contributed by atoms with van der Waals surface area (Å²) < 4.78 is 0. The van der Waals surface area contributed by atoms with Crippen LogP contribution in [0.1, 0.15) is 23.7 Å². The number of para-hydroxylation sites is 1. The van der Waals surface area contributed by atoms with Crippen molar-refractivity contribution in [3.05, 3.63) is 53.6 Å². The lowest BCUT2D eigenvalue weighted by atomic mass is 10.1. The van der Waals surface area contributed by atoms with E-state index >= 15 is 0 Å². The Bertz CT molecular complexity index is 524. The van der Waals surface area contributed by atoms with E-state index in [-0.39, 0.29) is 0 Å². The van der Waals surface area contributed by atoms with Gasteiger partial charge in [-0.3, -0.25) is 15.0 Å². The highest BCUT2D eigenvalue weighted by atomic mass is 14.8. The number of aryl methyl sites for hydroxylation is 2. The van der Waals surface area contributed by atoms with Gasteiger partial charge in [0.05, 0.1) is 17.6 Å². The van der Waals surface area contributed by atoms with Crippen molar-refractivity contribution in [2.75, 3.05) is 0 Å². The van der Waals surface area contributed by atoms with Crippen LogP contribution in [0.4, 0.5) is 5.69 Å². The maximum Gasteiger partial charge on any atom is 0.102 e. The van der Waals surface area contributed by atoms with Crippen molar-refractivity contribution in [2.45, 2.75) is 20.8 Å². The first-order chi connectivity index (χ1) is 8.18. The lowest BCUT2D eigenvalue weighted by molar-refractivity contribution is 1.17. The standard InChI is InChI=1S/C14H15N3/c1-10-5-4-6-11(2)14(10)17-12(3)13-9-15-7-8-16-13/h4-9H,1-3H3. The SMILES string of the molecule is CC(=Nc1c(C)cccc1C)c1cnccn1. The van der Waals surface area contributed by atoms with E-state index in [4.69, 9.17) is 0 Å². The summed E-state index contributed by atoms with van der Waals surface area (Å²) in [4.78, 5) is 12.9. The van der Waals surface area contributed by atoms with Gasteiger partial charge in [-0.2, -0.15) is 0 Å². The predicted molar refractivity (Wildman–Crippen MR) is 69.8 cm³/mol. The molecule has 17 heavy (non-hydrogen) atoms. The van der Waals surface area contributed by atoms with Crippen LogP contribution in [0.5, 0.6) is 0 Å². The van der Waals surface area contributed by atoms with E-state index in [2.05, 4.69) is 40.9 Å². The number of nitrogens with zero attached hydrogens (tertiary/aromatic N) is 3. The molecule has 86 valence electrons. The van der Waals surface area contributed by atoms with E-state index in [1.807, 2.05) is 13.0 Å². The number of benzene rings is 1. The van der Waals surface area contributed by atoms with Crippen molar-refractivity contribution in [2.24, 2.45) is 4.99 Å². The van der Waals surface area contributed by atoms with Gasteiger partial charge in [0.25, 0.3) is 0 Å². The molecule has 0 saturated carbocycles. The van der Waals surface area contributed by atoms with Crippen LogP contribution < -0.4 is 0 Å². The minimum Gasteiger partial charge on any atom is -0.261 e. The van der Waals surface area contributed by atoms with Gasteiger partial charge in [-0.15, -0.1) is 0 Å². The first-order valence-corrected chi connectivity index (χ1v) is 5.56. The van der Waals surface area contributed by atoms with Gasteiger partial charge in [0.2, 0.25) is 0 Å². The van der Waals surface area contributed by atoms with E-state index in [0.717, 1.165) is 17.1 Å². The molecule has 0 aliphatic carbocycles. The van der Waals surface area contributed by atoms with Crippen molar-refractivity contribution in [1.29, 1.82) is 0 Å². The Hall–Kier alpha value is -2.03. The highest BCUT2D eigenvalue weighted by Crippen LogP contribution is 2.23. The molecule has 0 N–H and O–H groups in total. The van der Waals surface area contributed by atoms with Gasteiger partial charge >= 0.3 is 0 Å². The number of hydrogen-bond donors (Lipinski definition) is 0. The third kappa shape index (κ3) is 2.56. The average Bonchev–Trinajstić information content (AvgIpc) is 2.35. The maximum absolute atomic E-state index is 4.64. The van der Waals surface area contributed by atoms with Crippen LogP contribution in [0, 0.1) is 13.8 Å². The molecule has 1 aromatic heterocycles. The van der Waals surface area contributed by atoms with Crippen molar-refractivity contribution in [1.82, 2.24) is 9.97 Å². The molecule has 0 atom stereocenters. The number of hydrogen-bond acceptors (Lipinski definition) is 3. The van der Waals surface area contributed by atoms with Crippen LogP contribution in [0.15, 0.2) is 41.8 Å². The fourth-order valence-electron chi connectivity index (χ4n) is 1.69. The largest absolute Gasteiger partial charge is 0.261 e. The summed E-state index contributed by atoms with van der Waals surface area (Å²) >= 11 is 0. The monoisotopic (exact) mass is 225 g/mol. The molecule has 0 radical (unpaired) electrons. The Balaban J connectivity index is 2.43. The number of rotatable bonds is 2. The lowest BCUT2D eigenvalue weighted by Gasteiger charge is -2.06. The molecular weight excluding hydrogens is 210 g/mol. The molecule has 3 heteroatoms. The molecule has 3 nitrogen and oxygen atoms in total. The second kappa shape index (κ2) is 4.87. The number of aliphatic imine (C=N–C) groups is 1. The second-order valence-corrected chi connectivity index (χ2v) is 4.03. The fourth-order valence-corrected chi connectivity index (χ4v) is 1.69. The first-order valence-electron chi connectivity index (χ1n) is 5.56.